The molecule has 0 saturated carbocycles. The van der Waals surface area contributed by atoms with Gasteiger partial charge in [0, 0.05) is 37.4 Å². The van der Waals surface area contributed by atoms with Gasteiger partial charge in [0.15, 0.2) is 0 Å². The topological polar surface area (TPSA) is 116 Å². The molecule has 2 aliphatic rings. The maximum atomic E-state index is 13.5. The summed E-state index contributed by atoms with van der Waals surface area (Å²) in [4.78, 5) is 20.5. The fourth-order valence-electron chi connectivity index (χ4n) is 5.20. The summed E-state index contributed by atoms with van der Waals surface area (Å²) >= 11 is 0. The number of hydrogen-bond acceptors (Lipinski definition) is 5. The first kappa shape index (κ1) is 22.7. The zero-order valence-electron chi connectivity index (χ0n) is 18.9. The fourth-order valence-corrected chi connectivity index (χ4v) is 7.29. The minimum Gasteiger partial charge on any atom is -0.497 e. The second-order valence-electron chi connectivity index (χ2n) is 8.95. The van der Waals surface area contributed by atoms with Crippen molar-refractivity contribution in [1.29, 1.82) is 0 Å². The summed E-state index contributed by atoms with van der Waals surface area (Å²) in [6.07, 6.45) is 4.43. The van der Waals surface area contributed by atoms with Crippen LogP contribution in [0, 0.1) is 0 Å². The number of carboxylic acid groups (broad SMARTS) is 1. The molecule has 5 rings (SSSR count). The Bertz CT molecular complexity index is 1280. The number of pyridine rings is 1. The first-order valence-corrected chi connectivity index (χ1v) is 12.9. The molecule has 1 aromatic carbocycles. The van der Waals surface area contributed by atoms with Crippen LogP contribution < -0.4 is 4.74 Å². The summed E-state index contributed by atoms with van der Waals surface area (Å²) in [5.41, 5.74) is 2.90. The third-order valence-electron chi connectivity index (χ3n) is 7.18. The number of rotatable bonds is 6. The summed E-state index contributed by atoms with van der Waals surface area (Å²) in [6.45, 7) is 0.865. The minimum absolute atomic E-state index is 0.00648. The lowest BCUT2D eigenvalue weighted by Gasteiger charge is -2.48. The van der Waals surface area contributed by atoms with Crippen molar-refractivity contribution < 1.29 is 23.1 Å². The van der Waals surface area contributed by atoms with E-state index in [1.54, 1.807) is 29.7 Å². The Hall–Kier alpha value is -3.11. The van der Waals surface area contributed by atoms with E-state index in [1.807, 2.05) is 30.5 Å². The van der Waals surface area contributed by atoms with E-state index in [1.165, 1.54) is 10.5 Å². The van der Waals surface area contributed by atoms with E-state index in [-0.39, 0.29) is 12.5 Å². The lowest BCUT2D eigenvalue weighted by atomic mass is 9.90. The molecule has 10 heteroatoms. The predicted molar refractivity (Wildman–Crippen MR) is 128 cm³/mol. The van der Waals surface area contributed by atoms with Crippen LogP contribution in [-0.4, -0.2) is 76.8 Å². The number of nitrogens with zero attached hydrogens (tertiary/aromatic N) is 3. The smallest absolute Gasteiger partial charge is 0.407 e. The Morgan fingerprint density at radius 2 is 1.94 bits per heavy atom. The van der Waals surface area contributed by atoms with Gasteiger partial charge in [0.1, 0.15) is 16.6 Å². The molecule has 2 atom stereocenters. The molecule has 0 aliphatic carbocycles. The van der Waals surface area contributed by atoms with Gasteiger partial charge in [-0.15, -0.1) is 0 Å². The lowest BCUT2D eigenvalue weighted by Crippen LogP contribution is -2.67. The molecule has 3 aromatic rings. The highest BCUT2D eigenvalue weighted by Gasteiger charge is 2.51. The Morgan fingerprint density at radius 3 is 2.62 bits per heavy atom. The molecule has 180 valence electrons. The lowest BCUT2D eigenvalue weighted by molar-refractivity contribution is 0.0765. The molecule has 2 aliphatic heterocycles. The molecule has 2 aromatic heterocycles. The van der Waals surface area contributed by atoms with Crippen molar-refractivity contribution >= 4 is 27.1 Å². The van der Waals surface area contributed by atoms with E-state index >= 15 is 0 Å². The van der Waals surface area contributed by atoms with Crippen molar-refractivity contribution in [2.24, 2.45) is 0 Å². The zero-order chi connectivity index (χ0) is 23.9. The fraction of sp³-hybridized carbons (Fsp3) is 0.417. The van der Waals surface area contributed by atoms with Crippen LogP contribution in [0.25, 0.3) is 11.0 Å². The van der Waals surface area contributed by atoms with E-state index in [0.717, 1.165) is 29.4 Å². The van der Waals surface area contributed by atoms with Crippen molar-refractivity contribution in [3.8, 4) is 5.75 Å². The number of carbonyl (C=O) groups is 1. The van der Waals surface area contributed by atoms with E-state index < -0.39 is 27.4 Å². The van der Waals surface area contributed by atoms with Crippen LogP contribution in [0.4, 0.5) is 4.79 Å². The van der Waals surface area contributed by atoms with Gasteiger partial charge in [-0.3, -0.25) is 0 Å². The number of aromatic amines is 1. The molecule has 0 radical (unpaired) electrons. The standard InChI is InChI=1S/C24H28N4O5S/c1-33-18-6-4-16(5-7-18)13-21-22(15-28(21)24(29)30)34(31,32)27-11-8-17(9-12-27)20-14-26-23-19(20)3-2-10-25-23/h2-7,10,14,17,21-22H,8-9,11-13,15H2,1H3,(H,25,26)(H,29,30). The number of likely N-dealkylation sites (tertiary alicyclic amines) is 1. The Labute approximate surface area is 198 Å². The molecule has 2 saturated heterocycles. The summed E-state index contributed by atoms with van der Waals surface area (Å²) < 4.78 is 33.8. The molecule has 2 N–H and O–H groups in total. The molecule has 1 amide bonds. The van der Waals surface area contributed by atoms with Crippen molar-refractivity contribution in [3.05, 3.63) is 59.9 Å². The van der Waals surface area contributed by atoms with Gasteiger partial charge in [0.2, 0.25) is 10.0 Å². The molecular weight excluding hydrogens is 456 g/mol. The number of fused-ring (bicyclic) bond motifs is 1. The predicted octanol–water partition coefficient (Wildman–Crippen LogP) is 3.05. The molecule has 9 nitrogen and oxygen atoms in total. The normalized spacial score (nSPS) is 22.0. The van der Waals surface area contributed by atoms with Gasteiger partial charge in [0.25, 0.3) is 0 Å². The van der Waals surface area contributed by atoms with Gasteiger partial charge in [-0.25, -0.2) is 22.5 Å². The van der Waals surface area contributed by atoms with Crippen molar-refractivity contribution in [3.63, 3.8) is 0 Å². The molecule has 2 unspecified atom stereocenters. The van der Waals surface area contributed by atoms with Gasteiger partial charge in [-0.05, 0) is 60.6 Å². The molecule has 2 fully saturated rings. The monoisotopic (exact) mass is 484 g/mol. The quantitative estimate of drug-likeness (QED) is 0.556. The van der Waals surface area contributed by atoms with Gasteiger partial charge in [-0.1, -0.05) is 12.1 Å². The maximum Gasteiger partial charge on any atom is 0.407 e. The van der Waals surface area contributed by atoms with Gasteiger partial charge in [-0.2, -0.15) is 0 Å². The second kappa shape index (κ2) is 8.92. The minimum atomic E-state index is -3.63. The SMILES string of the molecule is COc1ccc(CC2C(S(=O)(=O)N3CCC(c4c[nH]c5ncccc45)CC3)CN2C(=O)O)cc1. The van der Waals surface area contributed by atoms with E-state index in [9.17, 15) is 18.3 Å². The zero-order valence-corrected chi connectivity index (χ0v) is 19.7. The molecular formula is C24H28N4O5S. The van der Waals surface area contributed by atoms with Crippen LogP contribution in [0.1, 0.15) is 29.9 Å². The van der Waals surface area contributed by atoms with Crippen molar-refractivity contribution in [1.82, 2.24) is 19.2 Å². The first-order valence-electron chi connectivity index (χ1n) is 11.4. The number of hydrogen-bond donors (Lipinski definition) is 2. The summed E-state index contributed by atoms with van der Waals surface area (Å²) in [6, 6.07) is 10.6. The molecule has 0 spiro atoms. The molecule has 4 heterocycles. The number of methoxy groups -OCH3 is 1. The van der Waals surface area contributed by atoms with E-state index in [4.69, 9.17) is 4.74 Å². The van der Waals surface area contributed by atoms with Crippen LogP contribution in [-0.2, 0) is 16.4 Å². The second-order valence-corrected chi connectivity index (χ2v) is 11.1. The number of amides is 1. The number of sulfonamides is 1. The Morgan fingerprint density at radius 1 is 1.21 bits per heavy atom. The number of ether oxygens (including phenoxy) is 1. The van der Waals surface area contributed by atoms with Crippen LogP contribution >= 0.6 is 0 Å². The third kappa shape index (κ3) is 4.01. The largest absolute Gasteiger partial charge is 0.497 e. The van der Waals surface area contributed by atoms with Gasteiger partial charge in [0.05, 0.1) is 13.2 Å². The number of nitrogens with one attached hydrogen (secondary N) is 1. The third-order valence-corrected chi connectivity index (χ3v) is 9.49. The number of piperidine rings is 1. The van der Waals surface area contributed by atoms with Gasteiger partial charge < -0.3 is 19.7 Å². The van der Waals surface area contributed by atoms with Crippen LogP contribution in [0.3, 0.4) is 0 Å². The summed E-state index contributed by atoms with van der Waals surface area (Å²) in [7, 11) is -2.05. The highest BCUT2D eigenvalue weighted by atomic mass is 32.2. The van der Waals surface area contributed by atoms with E-state index in [0.29, 0.717) is 25.3 Å². The highest BCUT2D eigenvalue weighted by Crippen LogP contribution is 2.36. The van der Waals surface area contributed by atoms with Crippen molar-refractivity contribution in [2.75, 3.05) is 26.7 Å². The Balaban J connectivity index is 1.29. The highest BCUT2D eigenvalue weighted by molar-refractivity contribution is 7.89. The summed E-state index contributed by atoms with van der Waals surface area (Å²) in [5.74, 6) is 0.960. The van der Waals surface area contributed by atoms with Crippen LogP contribution in [0.15, 0.2) is 48.8 Å². The number of benzene rings is 1. The van der Waals surface area contributed by atoms with Crippen LogP contribution in [0.2, 0.25) is 0 Å². The Kier molecular flexibility index (Phi) is 5.95. The number of H-pyrrole nitrogens is 1. The number of aromatic nitrogens is 2. The van der Waals surface area contributed by atoms with E-state index in [2.05, 4.69) is 9.97 Å². The average molecular weight is 485 g/mol. The average Bonchev–Trinajstić information content (AvgIpc) is 3.26. The summed E-state index contributed by atoms with van der Waals surface area (Å²) in [5, 5.41) is 9.92. The molecule has 34 heavy (non-hydrogen) atoms. The van der Waals surface area contributed by atoms with Gasteiger partial charge >= 0.3 is 6.09 Å². The first-order chi connectivity index (χ1) is 16.4. The molecule has 0 bridgehead atoms. The van der Waals surface area contributed by atoms with Crippen LogP contribution in [0.5, 0.6) is 5.75 Å². The van der Waals surface area contributed by atoms with Crippen molar-refractivity contribution in [2.45, 2.75) is 36.5 Å². The maximum absolute atomic E-state index is 13.5.